The van der Waals surface area contributed by atoms with Gasteiger partial charge in [0.25, 0.3) is 5.91 Å². The summed E-state index contributed by atoms with van der Waals surface area (Å²) in [5.74, 6) is 3.39. The summed E-state index contributed by atoms with van der Waals surface area (Å²) < 4.78 is 0. The molecule has 12 heteroatoms. The number of likely N-dealkylation sites (N-methyl/N-ethyl adjacent to an activating group) is 1. The van der Waals surface area contributed by atoms with E-state index in [1.807, 2.05) is 46.4 Å². The third-order valence-electron chi connectivity index (χ3n) is 11.0. The Morgan fingerprint density at radius 2 is 1.48 bits per heavy atom. The van der Waals surface area contributed by atoms with E-state index in [0.29, 0.717) is 19.0 Å². The van der Waals surface area contributed by atoms with Crippen molar-refractivity contribution >= 4 is 49.3 Å². The van der Waals surface area contributed by atoms with E-state index in [1.54, 1.807) is 25.6 Å². The number of fused-ring (bicyclic) bond motifs is 1. The number of aldehydes is 1. The third kappa shape index (κ3) is 24.0. The van der Waals surface area contributed by atoms with Crippen molar-refractivity contribution in [2.24, 2.45) is 17.8 Å². The van der Waals surface area contributed by atoms with Gasteiger partial charge >= 0.3 is 0 Å². The van der Waals surface area contributed by atoms with Crippen molar-refractivity contribution in [3.63, 3.8) is 0 Å². The van der Waals surface area contributed by atoms with E-state index >= 15 is 0 Å². The van der Waals surface area contributed by atoms with E-state index in [-0.39, 0.29) is 36.1 Å². The molecule has 5 aliphatic rings. The molecule has 11 nitrogen and oxygen atoms in total. The number of thioether (sulfide) groups is 1. The smallest absolute Gasteiger partial charge is 0.284 e. The van der Waals surface area contributed by atoms with E-state index < -0.39 is 11.9 Å². The fraction of sp³-hybridized carbons (Fsp3) is 0.640. The highest BCUT2D eigenvalue weighted by molar-refractivity contribution is 8.05. The predicted molar refractivity (Wildman–Crippen MR) is 260 cm³/mol. The molecule has 2 heterocycles. The summed E-state index contributed by atoms with van der Waals surface area (Å²) in [6.07, 6.45) is 27.2. The number of carbonyl (C=O) groups excluding carboxylic acids is 6. The van der Waals surface area contributed by atoms with Crippen LogP contribution in [0.4, 0.5) is 0 Å². The summed E-state index contributed by atoms with van der Waals surface area (Å²) in [5, 5.41) is 14.1. The minimum atomic E-state index is -0.553. The van der Waals surface area contributed by atoms with Gasteiger partial charge in [-0.25, -0.2) is 0 Å². The van der Waals surface area contributed by atoms with Crippen molar-refractivity contribution in [1.29, 1.82) is 0 Å². The number of nitrogens with zero attached hydrogens (tertiary/aromatic N) is 1. The maximum atomic E-state index is 14.0. The molecular formula is C50H83N5O6S. The highest BCUT2D eigenvalue weighted by Gasteiger charge is 2.41. The molecule has 0 radical (unpaired) electrons. The summed E-state index contributed by atoms with van der Waals surface area (Å²) in [6.45, 7) is 17.8. The van der Waals surface area contributed by atoms with Crippen LogP contribution >= 0.6 is 11.8 Å². The SMILES string of the molecule is C#CC.C=O.C=O.CC.CC1CCCN1C(=O)C(NC(=O)C(NCC1=CCC=CS1)C1CCCCC1)C1Cc2ccccc2C1.CCCC1CCC1.CCNC(=O)C=O.CNC. The molecule has 0 aromatic heterocycles. The van der Waals surface area contributed by atoms with Gasteiger partial charge in [-0.15, -0.1) is 24.1 Å². The fourth-order valence-electron chi connectivity index (χ4n) is 8.00. The van der Waals surface area contributed by atoms with Crippen LogP contribution in [0.2, 0.25) is 0 Å². The van der Waals surface area contributed by atoms with E-state index in [0.717, 1.165) is 57.4 Å². The van der Waals surface area contributed by atoms with Crippen LogP contribution < -0.4 is 21.3 Å². The van der Waals surface area contributed by atoms with Crippen LogP contribution in [0.1, 0.15) is 136 Å². The lowest BCUT2D eigenvalue weighted by atomic mass is 9.82. The second-order valence-electron chi connectivity index (χ2n) is 15.5. The largest absolute Gasteiger partial charge is 0.350 e. The molecule has 3 unspecified atom stereocenters. The fourth-order valence-corrected chi connectivity index (χ4v) is 8.74. The van der Waals surface area contributed by atoms with E-state index in [1.165, 1.54) is 67.4 Å². The van der Waals surface area contributed by atoms with Crippen molar-refractivity contribution in [3.05, 3.63) is 57.9 Å². The number of rotatable bonds is 12. The maximum Gasteiger partial charge on any atom is 0.284 e. The Labute approximate surface area is 380 Å². The summed E-state index contributed by atoms with van der Waals surface area (Å²) in [4.78, 5) is 66.6. The Morgan fingerprint density at radius 1 is 0.903 bits per heavy atom. The van der Waals surface area contributed by atoms with Crippen molar-refractivity contribution in [1.82, 2.24) is 26.2 Å². The lowest BCUT2D eigenvalue weighted by molar-refractivity contribution is -0.139. The second-order valence-corrected chi connectivity index (χ2v) is 16.5. The van der Waals surface area contributed by atoms with Gasteiger partial charge in [-0.1, -0.05) is 109 Å². The average molecular weight is 882 g/mol. The zero-order valence-corrected chi connectivity index (χ0v) is 40.4. The molecular weight excluding hydrogens is 799 g/mol. The molecule has 3 atom stereocenters. The monoisotopic (exact) mass is 882 g/mol. The van der Waals surface area contributed by atoms with Crippen molar-refractivity contribution in [2.75, 3.05) is 33.7 Å². The number of hydrogen-bond donors (Lipinski definition) is 4. The molecule has 2 saturated carbocycles. The number of amides is 3. The van der Waals surface area contributed by atoms with Gasteiger partial charge in [0.1, 0.15) is 19.6 Å². The first-order valence-corrected chi connectivity index (χ1v) is 23.7. The predicted octanol–water partition coefficient (Wildman–Crippen LogP) is 8.01. The summed E-state index contributed by atoms with van der Waals surface area (Å²) in [6, 6.07) is 8.03. The molecule has 350 valence electrons. The van der Waals surface area contributed by atoms with E-state index in [2.05, 4.69) is 89.3 Å². The van der Waals surface area contributed by atoms with Gasteiger partial charge in [-0.3, -0.25) is 19.2 Å². The third-order valence-corrected chi connectivity index (χ3v) is 12.0. The molecule has 0 spiro atoms. The molecule has 0 bridgehead atoms. The number of terminal acetylenes is 1. The Kier molecular flexibility index (Phi) is 38.5. The number of allylic oxidation sites excluding steroid dienone is 2. The first kappa shape index (κ1) is 60.0. The van der Waals surface area contributed by atoms with Crippen LogP contribution in [0, 0.1) is 30.1 Å². The van der Waals surface area contributed by atoms with Crippen LogP contribution in [0.15, 0.2) is 46.7 Å². The highest BCUT2D eigenvalue weighted by atomic mass is 32.2. The van der Waals surface area contributed by atoms with Crippen LogP contribution in [0.25, 0.3) is 0 Å². The Hall–Kier alpha value is -4.05. The Morgan fingerprint density at radius 3 is 1.89 bits per heavy atom. The molecule has 2 aliphatic heterocycles. The molecule has 3 fully saturated rings. The number of carbonyl (C=O) groups is 6. The zero-order valence-electron chi connectivity index (χ0n) is 39.6. The molecule has 4 N–H and O–H groups in total. The summed E-state index contributed by atoms with van der Waals surface area (Å²) in [5.41, 5.74) is 2.64. The molecule has 62 heavy (non-hydrogen) atoms. The molecule has 1 saturated heterocycles. The van der Waals surface area contributed by atoms with Crippen LogP contribution in [0.5, 0.6) is 0 Å². The van der Waals surface area contributed by atoms with Crippen molar-refractivity contribution in [3.8, 4) is 12.3 Å². The van der Waals surface area contributed by atoms with E-state index in [9.17, 15) is 19.2 Å². The molecule has 3 amide bonds. The molecule has 1 aromatic rings. The normalized spacial score (nSPS) is 18.1. The minimum Gasteiger partial charge on any atom is -0.350 e. The average Bonchev–Trinajstić information content (AvgIpc) is 3.94. The lowest BCUT2D eigenvalue weighted by Crippen LogP contribution is -2.58. The quantitative estimate of drug-likeness (QED) is 0.0929. The minimum absolute atomic E-state index is 0.0139. The van der Waals surface area contributed by atoms with Gasteiger partial charge in [-0.2, -0.15) is 0 Å². The van der Waals surface area contributed by atoms with Crippen molar-refractivity contribution in [2.45, 2.75) is 156 Å². The standard InChI is InChI=1S/C30H41N3O2S.C7H14.C4H7NO2.C3H4.C2H7N.C2H6.2CH2O/c1-21-10-9-16-33(21)30(35)28(25-18-23-13-5-6-14-24(23)19-25)32-29(34)27(22-11-3-2-4-12-22)31-20-26-15-7-8-17-36-26;1-2-4-7-5-3-6-7;1-2-5-4(7)3-6;2*1-3-2;3*1-2/h5-6,8,13-15,17,21-22,25,27-28,31H,2-4,7,9-12,16,18-20H2,1H3,(H,32,34);7H,2-6H2,1H3;3H,2H2,1H3,(H,5,7);1H,2H3;3H,1-2H3;1-2H3;2*1H2. The second kappa shape index (κ2) is 39.8. The lowest BCUT2D eigenvalue weighted by Gasteiger charge is -2.34. The van der Waals surface area contributed by atoms with Gasteiger partial charge < -0.3 is 35.8 Å². The Balaban J connectivity index is 0. The molecule has 6 rings (SSSR count). The Bertz CT molecular complexity index is 1430. The highest BCUT2D eigenvalue weighted by Crippen LogP contribution is 2.33. The number of nitrogens with one attached hydrogen (secondary N) is 4. The van der Waals surface area contributed by atoms with Gasteiger partial charge in [0.05, 0.1) is 6.04 Å². The van der Waals surface area contributed by atoms with Gasteiger partial charge in [0, 0.05) is 25.7 Å². The first-order valence-electron chi connectivity index (χ1n) is 22.9. The van der Waals surface area contributed by atoms with Gasteiger partial charge in [0.15, 0.2) is 0 Å². The topological polar surface area (TPSA) is 154 Å². The number of hydrogen-bond acceptors (Lipinski definition) is 9. The van der Waals surface area contributed by atoms with Gasteiger partial charge in [-0.05, 0) is 119 Å². The summed E-state index contributed by atoms with van der Waals surface area (Å²) in [7, 11) is 3.75. The van der Waals surface area contributed by atoms with Crippen molar-refractivity contribution < 1.29 is 28.8 Å². The van der Waals surface area contributed by atoms with Crippen LogP contribution in [0.3, 0.4) is 0 Å². The summed E-state index contributed by atoms with van der Waals surface area (Å²) >= 11 is 1.74. The van der Waals surface area contributed by atoms with E-state index in [4.69, 9.17) is 9.59 Å². The number of likely N-dealkylation sites (tertiary alicyclic amines) is 1. The van der Waals surface area contributed by atoms with Crippen LogP contribution in [-0.4, -0.2) is 94.3 Å². The first-order chi connectivity index (χ1) is 30.2. The molecule has 3 aliphatic carbocycles. The molecule has 1 aromatic carbocycles. The number of benzene rings is 1. The van der Waals surface area contributed by atoms with Crippen LogP contribution in [-0.2, 0) is 41.6 Å². The maximum absolute atomic E-state index is 14.0. The zero-order chi connectivity index (χ0) is 47.1. The van der Waals surface area contributed by atoms with Gasteiger partial charge in [0.2, 0.25) is 18.1 Å².